The first-order valence-electron chi connectivity index (χ1n) is 22.5. The Morgan fingerprint density at radius 2 is 1.03 bits per heavy atom. The molecular weight excluding hydrogens is 793 g/mol. The van der Waals surface area contributed by atoms with Crippen LogP contribution in [0.5, 0.6) is 0 Å². The molecule has 0 saturated heterocycles. The predicted octanol–water partition coefficient (Wildman–Crippen LogP) is 16.5. The quantitative estimate of drug-likeness (QED) is 0.160. The van der Waals surface area contributed by atoms with E-state index in [-0.39, 0.29) is 10.8 Å². The second-order valence-corrected chi connectivity index (χ2v) is 19.2. The van der Waals surface area contributed by atoms with Crippen molar-refractivity contribution in [3.8, 4) is 39.5 Å². The maximum atomic E-state index is 6.61. The summed E-state index contributed by atoms with van der Waals surface area (Å²) in [5.74, 6) is 0.579. The molecule has 0 amide bonds. The van der Waals surface area contributed by atoms with E-state index in [1.807, 2.05) is 30.5 Å². The van der Waals surface area contributed by atoms with Gasteiger partial charge in [-0.2, -0.15) is 0 Å². The summed E-state index contributed by atoms with van der Waals surface area (Å²) in [6.45, 7) is 13.6. The molecule has 0 unspecified atom stereocenters. The van der Waals surface area contributed by atoms with E-state index in [1.165, 1.54) is 21.9 Å². The molecule has 5 nitrogen and oxygen atoms in total. The van der Waals surface area contributed by atoms with Crippen LogP contribution in [0.2, 0.25) is 0 Å². The molecule has 0 fully saturated rings. The number of oxazole rings is 1. The molecular formula is C60H50N4O. The molecule has 0 N–H and O–H groups in total. The summed E-state index contributed by atoms with van der Waals surface area (Å²) >= 11 is 0. The highest BCUT2D eigenvalue weighted by atomic mass is 16.3. The smallest absolute Gasteiger partial charge is 0.227 e. The first kappa shape index (κ1) is 40.0. The fourth-order valence-corrected chi connectivity index (χ4v) is 9.27. The van der Waals surface area contributed by atoms with E-state index in [0.717, 1.165) is 83.6 Å². The molecule has 0 radical (unpaired) electrons. The van der Waals surface area contributed by atoms with Crippen molar-refractivity contribution in [3.05, 3.63) is 205 Å². The summed E-state index contributed by atoms with van der Waals surface area (Å²) in [4.78, 5) is 12.1. The van der Waals surface area contributed by atoms with Gasteiger partial charge in [0, 0.05) is 56.1 Å². The minimum Gasteiger partial charge on any atom is -0.436 e. The Morgan fingerprint density at radius 1 is 0.477 bits per heavy atom. The van der Waals surface area contributed by atoms with Crippen LogP contribution in [0.3, 0.4) is 0 Å². The number of fused-ring (bicyclic) bond motifs is 6. The zero-order chi connectivity index (χ0) is 44.5. The second kappa shape index (κ2) is 15.5. The standard InChI is InChI=1S/C60H50N4O/c1-59(2,3)43-23-29-46(30-24-43)63(47-31-25-44(26-32-47)60(4,5)6)45-27-18-39(19-28-45)48-33-21-42(38-55(48)64-53-16-9-7-13-50(53)51-14-8-10-17-54(51)64)58-62-57-49-34-20-41(52-15-11-12-36-61-52)37-40(49)22-35-56(57)65-58/h7-38H,1-6H3. The molecule has 0 aliphatic heterocycles. The van der Waals surface area contributed by atoms with Crippen LogP contribution < -0.4 is 4.90 Å². The van der Waals surface area contributed by atoms with Crippen LogP contribution in [0.15, 0.2) is 199 Å². The molecule has 11 aromatic rings. The molecule has 0 aliphatic carbocycles. The van der Waals surface area contributed by atoms with Crippen molar-refractivity contribution in [2.24, 2.45) is 0 Å². The highest BCUT2D eigenvalue weighted by Gasteiger charge is 2.22. The lowest BCUT2D eigenvalue weighted by atomic mass is 9.86. The first-order valence-corrected chi connectivity index (χ1v) is 22.5. The molecule has 3 aromatic heterocycles. The van der Waals surface area contributed by atoms with Crippen molar-refractivity contribution >= 4 is 60.7 Å². The minimum absolute atomic E-state index is 0.0587. The van der Waals surface area contributed by atoms with Crippen molar-refractivity contribution in [1.29, 1.82) is 0 Å². The van der Waals surface area contributed by atoms with Gasteiger partial charge in [0.25, 0.3) is 0 Å². The third kappa shape index (κ3) is 7.23. The Hall–Kier alpha value is -7.76. The van der Waals surface area contributed by atoms with E-state index in [2.05, 4.69) is 220 Å². The van der Waals surface area contributed by atoms with Gasteiger partial charge in [-0.15, -0.1) is 0 Å². The van der Waals surface area contributed by atoms with E-state index in [0.29, 0.717) is 5.89 Å². The molecule has 5 heteroatoms. The third-order valence-electron chi connectivity index (χ3n) is 12.8. The van der Waals surface area contributed by atoms with Gasteiger partial charge in [0.2, 0.25) is 5.89 Å². The highest BCUT2D eigenvalue weighted by molar-refractivity contribution is 6.10. The van der Waals surface area contributed by atoms with E-state index in [9.17, 15) is 0 Å². The van der Waals surface area contributed by atoms with Crippen LogP contribution in [-0.4, -0.2) is 14.5 Å². The minimum atomic E-state index is 0.0587. The van der Waals surface area contributed by atoms with Gasteiger partial charge in [-0.05, 0) is 118 Å². The number of rotatable bonds is 7. The van der Waals surface area contributed by atoms with Crippen LogP contribution in [0.1, 0.15) is 52.7 Å². The summed E-state index contributed by atoms with van der Waals surface area (Å²) in [6.07, 6.45) is 1.83. The van der Waals surface area contributed by atoms with E-state index in [1.54, 1.807) is 0 Å². The van der Waals surface area contributed by atoms with Gasteiger partial charge in [0.15, 0.2) is 5.58 Å². The maximum Gasteiger partial charge on any atom is 0.227 e. The molecule has 8 aromatic carbocycles. The molecule has 65 heavy (non-hydrogen) atoms. The van der Waals surface area contributed by atoms with Gasteiger partial charge in [0.05, 0.1) is 22.4 Å². The van der Waals surface area contributed by atoms with Gasteiger partial charge >= 0.3 is 0 Å². The summed E-state index contributed by atoms with van der Waals surface area (Å²) in [7, 11) is 0. The van der Waals surface area contributed by atoms with Crippen molar-refractivity contribution in [2.45, 2.75) is 52.4 Å². The van der Waals surface area contributed by atoms with Gasteiger partial charge < -0.3 is 13.9 Å². The highest BCUT2D eigenvalue weighted by Crippen LogP contribution is 2.42. The lowest BCUT2D eigenvalue weighted by molar-refractivity contribution is 0.590. The molecule has 0 spiro atoms. The topological polar surface area (TPSA) is 47.1 Å². The van der Waals surface area contributed by atoms with Gasteiger partial charge in [-0.3, -0.25) is 4.98 Å². The van der Waals surface area contributed by atoms with E-state index in [4.69, 9.17) is 9.40 Å². The Labute approximate surface area is 380 Å². The van der Waals surface area contributed by atoms with E-state index < -0.39 is 0 Å². The largest absolute Gasteiger partial charge is 0.436 e. The molecule has 11 rings (SSSR count). The normalized spacial score (nSPS) is 12.2. The number of pyridine rings is 1. The Balaban J connectivity index is 1.05. The van der Waals surface area contributed by atoms with Crippen LogP contribution in [0.4, 0.5) is 17.1 Å². The number of hydrogen-bond acceptors (Lipinski definition) is 4. The first-order chi connectivity index (χ1) is 31.5. The zero-order valence-electron chi connectivity index (χ0n) is 37.7. The second-order valence-electron chi connectivity index (χ2n) is 19.2. The number of hydrogen-bond donors (Lipinski definition) is 0. The Morgan fingerprint density at radius 3 is 1.62 bits per heavy atom. The fraction of sp³-hybridized carbons (Fsp3) is 0.133. The third-order valence-corrected chi connectivity index (χ3v) is 12.8. The average molecular weight is 843 g/mol. The van der Waals surface area contributed by atoms with Gasteiger partial charge in [-0.25, -0.2) is 4.98 Å². The van der Waals surface area contributed by atoms with Crippen molar-refractivity contribution in [2.75, 3.05) is 4.90 Å². The lowest BCUT2D eigenvalue weighted by Crippen LogP contribution is -2.14. The average Bonchev–Trinajstić information content (AvgIpc) is 3.92. The lowest BCUT2D eigenvalue weighted by Gasteiger charge is -2.28. The number of benzene rings is 8. The number of aromatic nitrogens is 3. The van der Waals surface area contributed by atoms with E-state index >= 15 is 0 Å². The molecule has 0 bridgehead atoms. The summed E-state index contributed by atoms with van der Waals surface area (Å²) in [6, 6.07) is 67.6. The Bertz CT molecular complexity index is 3420. The number of para-hydroxylation sites is 2. The maximum absolute atomic E-state index is 6.61. The van der Waals surface area contributed by atoms with Crippen LogP contribution in [0.25, 0.3) is 83.2 Å². The van der Waals surface area contributed by atoms with Crippen molar-refractivity contribution in [3.63, 3.8) is 0 Å². The van der Waals surface area contributed by atoms with Gasteiger partial charge in [0.1, 0.15) is 5.52 Å². The van der Waals surface area contributed by atoms with Crippen molar-refractivity contribution < 1.29 is 4.42 Å². The van der Waals surface area contributed by atoms with Gasteiger partial charge in [-0.1, -0.05) is 145 Å². The molecule has 3 heterocycles. The summed E-state index contributed by atoms with van der Waals surface area (Å²) in [5.41, 5.74) is 16.1. The van der Waals surface area contributed by atoms with Crippen molar-refractivity contribution in [1.82, 2.24) is 14.5 Å². The number of anilines is 3. The Kier molecular flexibility index (Phi) is 9.55. The van der Waals surface area contributed by atoms with Crippen LogP contribution in [-0.2, 0) is 10.8 Å². The fourth-order valence-electron chi connectivity index (χ4n) is 9.27. The summed E-state index contributed by atoms with van der Waals surface area (Å²) in [5, 5.41) is 4.55. The van der Waals surface area contributed by atoms with Crippen LogP contribution in [0, 0.1) is 0 Å². The summed E-state index contributed by atoms with van der Waals surface area (Å²) < 4.78 is 9.01. The molecule has 0 saturated carbocycles. The molecule has 0 atom stereocenters. The zero-order valence-corrected chi connectivity index (χ0v) is 37.7. The molecule has 0 aliphatic rings. The molecule has 316 valence electrons. The monoisotopic (exact) mass is 842 g/mol. The van der Waals surface area contributed by atoms with Crippen LogP contribution >= 0.6 is 0 Å². The SMILES string of the molecule is CC(C)(C)c1ccc(N(c2ccc(-c3ccc(-c4nc5c(ccc6cc(-c7ccccn7)ccc65)o4)cc3-n3c4ccccc4c4ccccc43)cc2)c2ccc(C(C)(C)C)cc2)cc1. The number of nitrogens with zero attached hydrogens (tertiary/aromatic N) is 4. The predicted molar refractivity (Wildman–Crippen MR) is 272 cm³/mol.